The van der Waals surface area contributed by atoms with E-state index < -0.39 is 34.1 Å². The van der Waals surface area contributed by atoms with Crippen molar-refractivity contribution in [1.82, 2.24) is 10.2 Å². The van der Waals surface area contributed by atoms with Gasteiger partial charge in [-0.2, -0.15) is 0 Å². The first-order valence-electron chi connectivity index (χ1n) is 13.1. The maximum atomic E-state index is 14.0. The molecule has 0 saturated carbocycles. The molecule has 0 heterocycles. The van der Waals surface area contributed by atoms with Crippen LogP contribution in [0.1, 0.15) is 44.4 Å². The number of nitrogens with zero attached hydrogens (tertiary/aromatic N) is 2. The average molecular weight is 566 g/mol. The van der Waals surface area contributed by atoms with Crippen LogP contribution in [0, 0.1) is 13.8 Å². The summed E-state index contributed by atoms with van der Waals surface area (Å²) in [6, 6.07) is 19.8. The van der Waals surface area contributed by atoms with Gasteiger partial charge in [-0.15, -0.1) is 0 Å². The van der Waals surface area contributed by atoms with Gasteiger partial charge in [-0.3, -0.25) is 13.9 Å². The zero-order chi connectivity index (χ0) is 29.7. The van der Waals surface area contributed by atoms with Crippen LogP contribution in [0.4, 0.5) is 5.69 Å². The van der Waals surface area contributed by atoms with Crippen molar-refractivity contribution in [1.29, 1.82) is 0 Å². The number of carbonyl (C=O) groups excluding carboxylic acids is 2. The number of hydrogen-bond acceptors (Lipinski definition) is 5. The monoisotopic (exact) mass is 565 g/mol. The normalized spacial score (nSPS) is 12.4. The number of ether oxygens (including phenoxy) is 1. The summed E-state index contributed by atoms with van der Waals surface area (Å²) >= 11 is 0. The van der Waals surface area contributed by atoms with Crippen molar-refractivity contribution < 1.29 is 22.7 Å². The third kappa shape index (κ3) is 7.85. The molecule has 0 bridgehead atoms. The Hall–Kier alpha value is -3.85. The Morgan fingerprint density at radius 2 is 1.50 bits per heavy atom. The fourth-order valence-electron chi connectivity index (χ4n) is 4.08. The van der Waals surface area contributed by atoms with Crippen molar-refractivity contribution in [3.8, 4) is 5.75 Å². The standard InChI is InChI=1S/C31H39N3O5S/c1-22-11-15-25(16-12-22)20-33(24(3)30(36)32-31(4,5)6)29(35)21-34(26-9-8-10-27(19-26)39-7)40(37,38)28-17-13-23(2)14-18-28/h8-19,24H,20-21H2,1-7H3,(H,32,36)/t24-/m1/s1. The maximum absolute atomic E-state index is 14.0. The number of rotatable bonds is 10. The molecular weight excluding hydrogens is 526 g/mol. The minimum atomic E-state index is -4.15. The molecule has 8 nitrogen and oxygen atoms in total. The van der Waals surface area contributed by atoms with E-state index in [1.807, 2.05) is 58.9 Å². The van der Waals surface area contributed by atoms with Gasteiger partial charge in [0.15, 0.2) is 0 Å². The lowest BCUT2D eigenvalue weighted by Gasteiger charge is -2.33. The van der Waals surface area contributed by atoms with Gasteiger partial charge < -0.3 is 15.0 Å². The Balaban J connectivity index is 2.05. The van der Waals surface area contributed by atoms with Crippen molar-refractivity contribution in [2.45, 2.75) is 64.6 Å². The molecule has 40 heavy (non-hydrogen) atoms. The summed E-state index contributed by atoms with van der Waals surface area (Å²) in [6.07, 6.45) is 0. The molecule has 1 N–H and O–H groups in total. The van der Waals surface area contributed by atoms with Crippen molar-refractivity contribution in [2.75, 3.05) is 18.0 Å². The number of carbonyl (C=O) groups is 2. The first kappa shape index (κ1) is 30.7. The van der Waals surface area contributed by atoms with Gasteiger partial charge in [-0.05, 0) is 71.4 Å². The van der Waals surface area contributed by atoms with Crippen LogP contribution in [0.5, 0.6) is 5.75 Å². The van der Waals surface area contributed by atoms with Crippen molar-refractivity contribution in [2.24, 2.45) is 0 Å². The Labute approximate surface area is 238 Å². The Morgan fingerprint density at radius 1 is 0.925 bits per heavy atom. The molecule has 0 fully saturated rings. The molecule has 1 atom stereocenters. The van der Waals surface area contributed by atoms with E-state index in [1.54, 1.807) is 43.3 Å². The molecule has 0 unspecified atom stereocenters. The first-order valence-corrected chi connectivity index (χ1v) is 14.6. The Bertz CT molecular complexity index is 1430. The third-order valence-corrected chi connectivity index (χ3v) is 8.16. The van der Waals surface area contributed by atoms with Gasteiger partial charge in [0.1, 0.15) is 18.3 Å². The average Bonchev–Trinajstić information content (AvgIpc) is 2.90. The van der Waals surface area contributed by atoms with E-state index in [4.69, 9.17) is 4.74 Å². The van der Waals surface area contributed by atoms with Crippen LogP contribution in [0.15, 0.2) is 77.7 Å². The molecule has 0 aliphatic heterocycles. The molecule has 9 heteroatoms. The van der Waals surface area contributed by atoms with Crippen LogP contribution in [-0.4, -0.2) is 50.4 Å². The molecule has 3 rings (SSSR count). The number of aryl methyl sites for hydroxylation is 2. The summed E-state index contributed by atoms with van der Waals surface area (Å²) in [6.45, 7) is 10.7. The zero-order valence-electron chi connectivity index (χ0n) is 24.3. The summed E-state index contributed by atoms with van der Waals surface area (Å²) in [5, 5.41) is 2.93. The fourth-order valence-corrected chi connectivity index (χ4v) is 5.48. The number of sulfonamides is 1. The van der Waals surface area contributed by atoms with E-state index in [1.165, 1.54) is 24.1 Å². The number of amides is 2. The minimum absolute atomic E-state index is 0.0531. The summed E-state index contributed by atoms with van der Waals surface area (Å²) < 4.78 is 34.2. The van der Waals surface area contributed by atoms with Gasteiger partial charge in [0.2, 0.25) is 11.8 Å². The second-order valence-corrected chi connectivity index (χ2v) is 12.8. The molecule has 0 aliphatic carbocycles. The van der Waals surface area contributed by atoms with Gasteiger partial charge in [-0.1, -0.05) is 53.6 Å². The highest BCUT2D eigenvalue weighted by molar-refractivity contribution is 7.92. The molecule has 214 valence electrons. The first-order chi connectivity index (χ1) is 18.7. The fraction of sp³-hybridized carbons (Fsp3) is 0.355. The molecular formula is C31H39N3O5S. The summed E-state index contributed by atoms with van der Waals surface area (Å²) in [4.78, 5) is 28.7. The summed E-state index contributed by atoms with van der Waals surface area (Å²) in [5.74, 6) is -0.401. The third-order valence-electron chi connectivity index (χ3n) is 6.37. The van der Waals surface area contributed by atoms with E-state index >= 15 is 0 Å². The molecule has 0 aliphatic rings. The largest absolute Gasteiger partial charge is 0.497 e. The smallest absolute Gasteiger partial charge is 0.264 e. The van der Waals surface area contributed by atoms with Gasteiger partial charge in [0.25, 0.3) is 10.0 Å². The number of methoxy groups -OCH3 is 1. The second kappa shape index (κ2) is 12.6. The maximum Gasteiger partial charge on any atom is 0.264 e. The highest BCUT2D eigenvalue weighted by Crippen LogP contribution is 2.28. The van der Waals surface area contributed by atoms with E-state index in [0.29, 0.717) is 5.75 Å². The van der Waals surface area contributed by atoms with Crippen molar-refractivity contribution >= 4 is 27.5 Å². The summed E-state index contributed by atoms with van der Waals surface area (Å²) in [7, 11) is -2.66. The number of anilines is 1. The van der Waals surface area contributed by atoms with Gasteiger partial charge in [0.05, 0.1) is 17.7 Å². The SMILES string of the molecule is COc1cccc(N(CC(=O)N(Cc2ccc(C)cc2)[C@H](C)C(=O)NC(C)(C)C)S(=O)(=O)c2ccc(C)cc2)c1. The Kier molecular flexibility index (Phi) is 9.63. The predicted molar refractivity (Wildman–Crippen MR) is 158 cm³/mol. The van der Waals surface area contributed by atoms with Crippen LogP contribution < -0.4 is 14.4 Å². The highest BCUT2D eigenvalue weighted by atomic mass is 32.2. The molecule has 3 aromatic rings. The van der Waals surface area contributed by atoms with Gasteiger partial charge in [0, 0.05) is 18.2 Å². The molecule has 0 aromatic heterocycles. The lowest BCUT2D eigenvalue weighted by molar-refractivity contribution is -0.140. The van der Waals surface area contributed by atoms with E-state index in [0.717, 1.165) is 21.0 Å². The summed E-state index contributed by atoms with van der Waals surface area (Å²) in [5.41, 5.74) is 2.56. The predicted octanol–water partition coefficient (Wildman–Crippen LogP) is 4.84. The number of nitrogens with one attached hydrogen (secondary N) is 1. The Morgan fingerprint density at radius 3 is 2.05 bits per heavy atom. The van der Waals surface area contributed by atoms with Crippen LogP contribution >= 0.6 is 0 Å². The highest BCUT2D eigenvalue weighted by Gasteiger charge is 2.33. The minimum Gasteiger partial charge on any atom is -0.497 e. The molecule has 2 amide bonds. The van der Waals surface area contributed by atoms with E-state index in [2.05, 4.69) is 5.32 Å². The van der Waals surface area contributed by atoms with Crippen molar-refractivity contribution in [3.05, 3.63) is 89.5 Å². The molecule has 0 spiro atoms. The lowest BCUT2D eigenvalue weighted by atomic mass is 10.1. The van der Waals surface area contributed by atoms with E-state index in [9.17, 15) is 18.0 Å². The van der Waals surface area contributed by atoms with Gasteiger partial charge in [-0.25, -0.2) is 8.42 Å². The topological polar surface area (TPSA) is 96.0 Å². The molecule has 3 aromatic carbocycles. The van der Waals surface area contributed by atoms with Crippen molar-refractivity contribution in [3.63, 3.8) is 0 Å². The van der Waals surface area contributed by atoms with E-state index in [-0.39, 0.29) is 23.0 Å². The molecule has 0 saturated heterocycles. The second-order valence-electron chi connectivity index (χ2n) is 10.9. The zero-order valence-corrected chi connectivity index (χ0v) is 25.1. The lowest BCUT2D eigenvalue weighted by Crippen LogP contribution is -2.54. The molecule has 0 radical (unpaired) electrons. The van der Waals surface area contributed by atoms with Crippen LogP contribution in [0.25, 0.3) is 0 Å². The number of benzene rings is 3. The quantitative estimate of drug-likeness (QED) is 0.380. The van der Waals surface area contributed by atoms with Crippen LogP contribution in [0.3, 0.4) is 0 Å². The number of hydrogen-bond donors (Lipinski definition) is 1. The van der Waals surface area contributed by atoms with Crippen LogP contribution in [-0.2, 0) is 26.2 Å². The van der Waals surface area contributed by atoms with Crippen LogP contribution in [0.2, 0.25) is 0 Å². The van der Waals surface area contributed by atoms with Gasteiger partial charge >= 0.3 is 0 Å².